The lowest BCUT2D eigenvalue weighted by molar-refractivity contribution is 0.102. The van der Waals surface area contributed by atoms with E-state index in [1.165, 1.54) is 13.2 Å². The Morgan fingerprint density at radius 1 is 1.25 bits per heavy atom. The largest absolute Gasteiger partial charge is 0.508 e. The van der Waals surface area contributed by atoms with E-state index < -0.39 is 0 Å². The summed E-state index contributed by atoms with van der Waals surface area (Å²) in [6.45, 7) is 1.78. The van der Waals surface area contributed by atoms with Crippen molar-refractivity contribution in [1.29, 1.82) is 0 Å². The maximum Gasteiger partial charge on any atom is 0.257 e. The van der Waals surface area contributed by atoms with Gasteiger partial charge in [0, 0.05) is 17.4 Å². The monoisotopic (exact) mass is 272 g/mol. The number of carbonyl (C=O) groups is 1. The molecule has 5 nitrogen and oxygen atoms in total. The number of nitrogens with two attached hydrogens (primary N) is 1. The minimum Gasteiger partial charge on any atom is -0.508 e. The van der Waals surface area contributed by atoms with E-state index in [9.17, 15) is 9.90 Å². The Morgan fingerprint density at radius 2 is 2.00 bits per heavy atom. The third-order valence-electron chi connectivity index (χ3n) is 2.97. The number of aryl methyl sites for hydroxylation is 1. The van der Waals surface area contributed by atoms with Gasteiger partial charge in [-0.25, -0.2) is 0 Å². The lowest BCUT2D eigenvalue weighted by atomic mass is 10.1. The summed E-state index contributed by atoms with van der Waals surface area (Å²) in [6.07, 6.45) is 0. The maximum absolute atomic E-state index is 12.2. The van der Waals surface area contributed by atoms with E-state index in [0.717, 1.165) is 5.56 Å². The molecular weight excluding hydrogens is 256 g/mol. The third kappa shape index (κ3) is 2.83. The van der Waals surface area contributed by atoms with E-state index in [1.807, 2.05) is 0 Å². The van der Waals surface area contributed by atoms with Crippen LogP contribution >= 0.6 is 0 Å². The molecule has 0 saturated heterocycles. The number of hydrogen-bond acceptors (Lipinski definition) is 4. The fraction of sp³-hybridized carbons (Fsp3) is 0.133. The molecule has 2 aromatic carbocycles. The summed E-state index contributed by atoms with van der Waals surface area (Å²) in [4.78, 5) is 12.2. The van der Waals surface area contributed by atoms with Crippen LogP contribution in [0.15, 0.2) is 36.4 Å². The molecule has 0 unspecified atom stereocenters. The number of carbonyl (C=O) groups excluding carboxylic acids is 1. The van der Waals surface area contributed by atoms with Crippen LogP contribution in [0.2, 0.25) is 0 Å². The minimum atomic E-state index is -0.357. The molecule has 5 heteroatoms. The number of rotatable bonds is 3. The van der Waals surface area contributed by atoms with Gasteiger partial charge in [-0.05, 0) is 36.8 Å². The van der Waals surface area contributed by atoms with Gasteiger partial charge in [0.15, 0.2) is 0 Å². The van der Waals surface area contributed by atoms with E-state index in [1.54, 1.807) is 37.3 Å². The van der Waals surface area contributed by atoms with Crippen molar-refractivity contribution >= 4 is 17.3 Å². The van der Waals surface area contributed by atoms with Crippen molar-refractivity contribution < 1.29 is 14.6 Å². The van der Waals surface area contributed by atoms with Crippen LogP contribution in [0.1, 0.15) is 15.9 Å². The Labute approximate surface area is 117 Å². The molecule has 0 atom stereocenters. The molecule has 0 spiro atoms. The van der Waals surface area contributed by atoms with Crippen LogP contribution in [0.25, 0.3) is 0 Å². The van der Waals surface area contributed by atoms with Gasteiger partial charge in [0.2, 0.25) is 0 Å². The van der Waals surface area contributed by atoms with Gasteiger partial charge in [-0.2, -0.15) is 0 Å². The zero-order valence-corrected chi connectivity index (χ0v) is 11.3. The molecule has 2 aromatic rings. The van der Waals surface area contributed by atoms with E-state index in [0.29, 0.717) is 22.7 Å². The number of phenols is 1. The number of hydrogen-bond donors (Lipinski definition) is 3. The Morgan fingerprint density at radius 3 is 2.65 bits per heavy atom. The molecule has 4 N–H and O–H groups in total. The first-order valence-electron chi connectivity index (χ1n) is 6.05. The smallest absolute Gasteiger partial charge is 0.257 e. The van der Waals surface area contributed by atoms with E-state index in [4.69, 9.17) is 10.5 Å². The standard InChI is InChI=1S/C15H16N2O3/c1-9-3-4-10(7-14(9)18)17-15(19)12-8-11(20-2)5-6-13(12)16/h3-8,18H,16H2,1-2H3,(H,17,19). The summed E-state index contributed by atoms with van der Waals surface area (Å²) in [5, 5.41) is 12.3. The third-order valence-corrected chi connectivity index (χ3v) is 2.97. The van der Waals surface area contributed by atoms with Crippen molar-refractivity contribution in [3.05, 3.63) is 47.5 Å². The number of nitrogen functional groups attached to an aromatic ring is 1. The highest BCUT2D eigenvalue weighted by Crippen LogP contribution is 2.23. The lowest BCUT2D eigenvalue weighted by Gasteiger charge is -2.10. The second-order valence-electron chi connectivity index (χ2n) is 4.41. The van der Waals surface area contributed by atoms with Gasteiger partial charge < -0.3 is 20.9 Å². The highest BCUT2D eigenvalue weighted by molar-refractivity contribution is 6.08. The van der Waals surface area contributed by atoms with Crippen LogP contribution in [0, 0.1) is 6.92 Å². The van der Waals surface area contributed by atoms with Crippen LogP contribution in [0.4, 0.5) is 11.4 Å². The molecule has 0 aliphatic carbocycles. The fourth-order valence-corrected chi connectivity index (χ4v) is 1.74. The first-order chi connectivity index (χ1) is 9.51. The first kappa shape index (κ1) is 13.7. The predicted molar refractivity (Wildman–Crippen MR) is 78.2 cm³/mol. The Balaban J connectivity index is 2.25. The van der Waals surface area contributed by atoms with Crippen LogP contribution in [0.3, 0.4) is 0 Å². The maximum atomic E-state index is 12.2. The van der Waals surface area contributed by atoms with Crippen molar-refractivity contribution in [2.24, 2.45) is 0 Å². The average molecular weight is 272 g/mol. The molecule has 0 aliphatic heterocycles. The number of benzene rings is 2. The van der Waals surface area contributed by atoms with Gasteiger partial charge in [0.25, 0.3) is 5.91 Å². The molecule has 0 heterocycles. The Bertz CT molecular complexity index is 654. The van der Waals surface area contributed by atoms with Gasteiger partial charge in [0.05, 0.1) is 12.7 Å². The Hall–Kier alpha value is -2.69. The van der Waals surface area contributed by atoms with Crippen LogP contribution in [0.5, 0.6) is 11.5 Å². The van der Waals surface area contributed by atoms with Crippen molar-refractivity contribution in [2.45, 2.75) is 6.92 Å². The molecule has 0 fully saturated rings. The lowest BCUT2D eigenvalue weighted by Crippen LogP contribution is -2.14. The van der Waals surface area contributed by atoms with E-state index >= 15 is 0 Å². The predicted octanol–water partition coefficient (Wildman–Crippen LogP) is 2.54. The van der Waals surface area contributed by atoms with Gasteiger partial charge in [-0.3, -0.25) is 4.79 Å². The van der Waals surface area contributed by atoms with E-state index in [-0.39, 0.29) is 11.7 Å². The highest BCUT2D eigenvalue weighted by Gasteiger charge is 2.12. The first-order valence-corrected chi connectivity index (χ1v) is 6.05. The molecule has 0 radical (unpaired) electrons. The second-order valence-corrected chi connectivity index (χ2v) is 4.41. The van der Waals surface area contributed by atoms with Gasteiger partial charge >= 0.3 is 0 Å². The van der Waals surface area contributed by atoms with Gasteiger partial charge in [0.1, 0.15) is 11.5 Å². The number of anilines is 2. The van der Waals surface area contributed by atoms with Gasteiger partial charge in [-0.1, -0.05) is 6.07 Å². The summed E-state index contributed by atoms with van der Waals surface area (Å²) in [5.74, 6) is 0.321. The van der Waals surface area contributed by atoms with Crippen LogP contribution < -0.4 is 15.8 Å². The number of nitrogens with one attached hydrogen (secondary N) is 1. The molecule has 2 rings (SSSR count). The summed E-state index contributed by atoms with van der Waals surface area (Å²) in [5.41, 5.74) is 7.71. The molecule has 20 heavy (non-hydrogen) atoms. The number of ether oxygens (including phenoxy) is 1. The zero-order chi connectivity index (χ0) is 14.7. The molecular formula is C15H16N2O3. The SMILES string of the molecule is COc1ccc(N)c(C(=O)Nc2ccc(C)c(O)c2)c1. The minimum absolute atomic E-state index is 0.126. The molecule has 0 bridgehead atoms. The molecule has 0 saturated carbocycles. The quantitative estimate of drug-likeness (QED) is 0.750. The normalized spacial score (nSPS) is 10.1. The number of amides is 1. The zero-order valence-electron chi connectivity index (χ0n) is 11.3. The van der Waals surface area contributed by atoms with Crippen LogP contribution in [-0.4, -0.2) is 18.1 Å². The summed E-state index contributed by atoms with van der Waals surface area (Å²) in [6, 6.07) is 9.79. The summed E-state index contributed by atoms with van der Waals surface area (Å²) in [7, 11) is 1.52. The van der Waals surface area contributed by atoms with Crippen molar-refractivity contribution in [3.8, 4) is 11.5 Å². The van der Waals surface area contributed by atoms with Crippen molar-refractivity contribution in [2.75, 3.05) is 18.2 Å². The molecule has 0 aliphatic rings. The number of methoxy groups -OCH3 is 1. The second kappa shape index (κ2) is 5.52. The number of aromatic hydroxyl groups is 1. The molecule has 104 valence electrons. The topological polar surface area (TPSA) is 84.6 Å². The van der Waals surface area contributed by atoms with E-state index in [2.05, 4.69) is 5.32 Å². The molecule has 0 aromatic heterocycles. The van der Waals surface area contributed by atoms with Crippen LogP contribution in [-0.2, 0) is 0 Å². The highest BCUT2D eigenvalue weighted by atomic mass is 16.5. The van der Waals surface area contributed by atoms with Gasteiger partial charge in [-0.15, -0.1) is 0 Å². The van der Waals surface area contributed by atoms with Crippen molar-refractivity contribution in [3.63, 3.8) is 0 Å². The average Bonchev–Trinajstić information content (AvgIpc) is 2.43. The number of phenolic OH excluding ortho intramolecular Hbond substituents is 1. The summed E-state index contributed by atoms with van der Waals surface area (Å²) < 4.78 is 5.07. The Kier molecular flexibility index (Phi) is 3.79. The summed E-state index contributed by atoms with van der Waals surface area (Å²) >= 11 is 0. The molecule has 1 amide bonds. The fourth-order valence-electron chi connectivity index (χ4n) is 1.74. The van der Waals surface area contributed by atoms with Crippen molar-refractivity contribution in [1.82, 2.24) is 0 Å².